The minimum absolute atomic E-state index is 0.804. The lowest BCUT2D eigenvalue weighted by molar-refractivity contribution is 0.260. The van der Waals surface area contributed by atoms with Crippen molar-refractivity contribution in [3.63, 3.8) is 0 Å². The summed E-state index contributed by atoms with van der Waals surface area (Å²) in [5, 5.41) is 3.72. The van der Waals surface area contributed by atoms with Crippen molar-refractivity contribution in [2.24, 2.45) is 23.7 Å². The molecule has 1 fully saturated rings. The molecule has 0 spiro atoms. The van der Waals surface area contributed by atoms with Crippen LogP contribution in [0.2, 0.25) is 0 Å². The van der Waals surface area contributed by atoms with Gasteiger partial charge in [-0.05, 0) is 49.6 Å². The van der Waals surface area contributed by atoms with Gasteiger partial charge in [-0.15, -0.1) is 0 Å². The van der Waals surface area contributed by atoms with Crippen LogP contribution in [-0.4, -0.2) is 13.1 Å². The highest BCUT2D eigenvalue weighted by Gasteiger charge is 2.18. The smallest absolute Gasteiger partial charge is 0.00155 e. The molecule has 1 saturated carbocycles. The Morgan fingerprint density at radius 3 is 2.00 bits per heavy atom. The van der Waals surface area contributed by atoms with Gasteiger partial charge in [0.05, 0.1) is 0 Å². The number of hydrogen-bond donors (Lipinski definition) is 1. The topological polar surface area (TPSA) is 12.0 Å². The Labute approximate surface area is 102 Å². The van der Waals surface area contributed by atoms with Crippen LogP contribution in [0.25, 0.3) is 0 Å². The number of hydrogen-bond acceptors (Lipinski definition) is 1. The van der Waals surface area contributed by atoms with E-state index in [1.807, 2.05) is 0 Å². The minimum atomic E-state index is 0.804. The third-order valence-electron chi connectivity index (χ3n) is 4.25. The second kappa shape index (κ2) is 7.32. The van der Waals surface area contributed by atoms with Crippen molar-refractivity contribution in [2.75, 3.05) is 13.1 Å². The Morgan fingerprint density at radius 1 is 0.938 bits per heavy atom. The predicted molar refractivity (Wildman–Crippen MR) is 72.6 cm³/mol. The van der Waals surface area contributed by atoms with Crippen molar-refractivity contribution in [2.45, 2.75) is 59.8 Å². The number of rotatable bonds is 6. The molecule has 1 heteroatoms. The highest BCUT2D eigenvalue weighted by molar-refractivity contribution is 4.72. The summed E-state index contributed by atoms with van der Waals surface area (Å²) in [5.74, 6) is 3.41. The maximum atomic E-state index is 3.72. The molecule has 16 heavy (non-hydrogen) atoms. The van der Waals surface area contributed by atoms with E-state index in [9.17, 15) is 0 Å². The molecule has 0 amide bonds. The van der Waals surface area contributed by atoms with Crippen molar-refractivity contribution in [1.29, 1.82) is 0 Å². The molecule has 0 bridgehead atoms. The van der Waals surface area contributed by atoms with Crippen LogP contribution in [0.15, 0.2) is 0 Å². The largest absolute Gasteiger partial charge is 0.316 e. The monoisotopic (exact) mass is 225 g/mol. The van der Waals surface area contributed by atoms with Gasteiger partial charge in [0, 0.05) is 0 Å². The van der Waals surface area contributed by atoms with Gasteiger partial charge >= 0.3 is 0 Å². The molecule has 0 aromatic carbocycles. The third kappa shape index (κ3) is 4.86. The van der Waals surface area contributed by atoms with Gasteiger partial charge in [0.15, 0.2) is 0 Å². The molecular weight excluding hydrogens is 194 g/mol. The summed E-state index contributed by atoms with van der Waals surface area (Å²) in [7, 11) is 0. The predicted octanol–water partition coefficient (Wildman–Crippen LogP) is 4.08. The molecule has 0 heterocycles. The lowest BCUT2D eigenvalue weighted by atomic mass is 9.85. The Bertz CT molecular complexity index is 160. The van der Waals surface area contributed by atoms with Gasteiger partial charge in [-0.25, -0.2) is 0 Å². The first-order valence-corrected chi connectivity index (χ1v) is 7.32. The van der Waals surface area contributed by atoms with E-state index in [1.54, 1.807) is 0 Å². The highest BCUT2D eigenvalue weighted by Crippen LogP contribution is 2.23. The van der Waals surface area contributed by atoms with Crippen molar-refractivity contribution in [3.8, 4) is 0 Å². The Hall–Kier alpha value is -0.0400. The van der Waals surface area contributed by atoms with Crippen molar-refractivity contribution >= 4 is 0 Å². The molecule has 0 aliphatic heterocycles. The van der Waals surface area contributed by atoms with Gasteiger partial charge in [0.2, 0.25) is 0 Å². The summed E-state index contributed by atoms with van der Waals surface area (Å²) in [6, 6.07) is 0. The third-order valence-corrected chi connectivity index (χ3v) is 4.25. The zero-order valence-corrected chi connectivity index (χ0v) is 11.8. The van der Waals surface area contributed by atoms with E-state index in [4.69, 9.17) is 0 Å². The van der Waals surface area contributed by atoms with Crippen molar-refractivity contribution < 1.29 is 0 Å². The summed E-state index contributed by atoms with van der Waals surface area (Å²) in [4.78, 5) is 0. The van der Waals surface area contributed by atoms with E-state index >= 15 is 0 Å². The Morgan fingerprint density at radius 2 is 1.50 bits per heavy atom. The average molecular weight is 225 g/mol. The molecule has 1 aliphatic rings. The van der Waals surface area contributed by atoms with Crippen LogP contribution in [0.5, 0.6) is 0 Å². The summed E-state index contributed by atoms with van der Waals surface area (Å²) in [5.41, 5.74) is 0. The highest BCUT2D eigenvalue weighted by atomic mass is 14.9. The summed E-state index contributed by atoms with van der Waals surface area (Å²) in [6.45, 7) is 11.9. The van der Waals surface area contributed by atoms with Crippen LogP contribution >= 0.6 is 0 Å². The van der Waals surface area contributed by atoms with Crippen LogP contribution in [-0.2, 0) is 0 Å². The maximum Gasteiger partial charge on any atom is -0.00155 e. The molecule has 1 rings (SSSR count). The first kappa shape index (κ1) is 14.0. The van der Waals surface area contributed by atoms with E-state index in [0.29, 0.717) is 0 Å². The molecule has 0 aromatic heterocycles. The lowest BCUT2D eigenvalue weighted by Gasteiger charge is -2.27. The molecule has 0 radical (unpaired) electrons. The van der Waals surface area contributed by atoms with Crippen LogP contribution in [0.4, 0.5) is 0 Å². The van der Waals surface area contributed by atoms with Crippen LogP contribution in [0, 0.1) is 23.7 Å². The number of nitrogens with one attached hydrogen (secondary N) is 1. The standard InChI is InChI=1S/C15H31N/c1-12(2)15(13(3)4)11-16-10-14-8-6-5-7-9-14/h12-16H,5-11H2,1-4H3. The zero-order chi connectivity index (χ0) is 12.0. The van der Waals surface area contributed by atoms with Crippen LogP contribution in [0.3, 0.4) is 0 Å². The Balaban J connectivity index is 2.16. The molecule has 1 N–H and O–H groups in total. The molecule has 1 nitrogen and oxygen atoms in total. The average Bonchev–Trinajstić information content (AvgIpc) is 2.24. The molecule has 0 aromatic rings. The van der Waals surface area contributed by atoms with E-state index in [2.05, 4.69) is 33.0 Å². The summed E-state index contributed by atoms with van der Waals surface area (Å²) < 4.78 is 0. The van der Waals surface area contributed by atoms with E-state index < -0.39 is 0 Å². The van der Waals surface area contributed by atoms with E-state index in [1.165, 1.54) is 45.2 Å². The molecule has 96 valence electrons. The van der Waals surface area contributed by atoms with Crippen LogP contribution < -0.4 is 5.32 Å². The van der Waals surface area contributed by atoms with Gasteiger partial charge in [-0.1, -0.05) is 47.0 Å². The first-order valence-electron chi connectivity index (χ1n) is 7.32. The van der Waals surface area contributed by atoms with E-state index in [0.717, 1.165) is 23.7 Å². The van der Waals surface area contributed by atoms with Crippen molar-refractivity contribution in [3.05, 3.63) is 0 Å². The normalized spacial score (nSPS) is 18.9. The Kier molecular flexibility index (Phi) is 6.41. The zero-order valence-electron chi connectivity index (χ0n) is 11.8. The molecular formula is C15H31N. The van der Waals surface area contributed by atoms with Gasteiger partial charge in [-0.2, -0.15) is 0 Å². The van der Waals surface area contributed by atoms with Gasteiger partial charge in [0.25, 0.3) is 0 Å². The van der Waals surface area contributed by atoms with Gasteiger partial charge in [-0.3, -0.25) is 0 Å². The van der Waals surface area contributed by atoms with Crippen molar-refractivity contribution in [1.82, 2.24) is 5.32 Å². The summed E-state index contributed by atoms with van der Waals surface area (Å²) in [6.07, 6.45) is 7.31. The molecule has 0 unspecified atom stereocenters. The maximum absolute atomic E-state index is 3.72. The SMILES string of the molecule is CC(C)C(CNCC1CCCCC1)C(C)C. The van der Waals surface area contributed by atoms with E-state index in [-0.39, 0.29) is 0 Å². The van der Waals surface area contributed by atoms with Gasteiger partial charge in [0.1, 0.15) is 0 Å². The fourth-order valence-electron chi connectivity index (χ4n) is 3.09. The lowest BCUT2D eigenvalue weighted by Crippen LogP contribution is -2.33. The molecule has 0 atom stereocenters. The molecule has 0 saturated heterocycles. The quantitative estimate of drug-likeness (QED) is 0.718. The second-order valence-electron chi connectivity index (χ2n) is 6.31. The van der Waals surface area contributed by atoms with Crippen LogP contribution in [0.1, 0.15) is 59.8 Å². The second-order valence-corrected chi connectivity index (χ2v) is 6.31. The molecule has 1 aliphatic carbocycles. The minimum Gasteiger partial charge on any atom is -0.316 e. The van der Waals surface area contributed by atoms with Gasteiger partial charge < -0.3 is 5.32 Å². The fraction of sp³-hybridized carbons (Fsp3) is 1.00. The first-order chi connectivity index (χ1) is 7.61. The summed E-state index contributed by atoms with van der Waals surface area (Å²) >= 11 is 0. The fourth-order valence-corrected chi connectivity index (χ4v) is 3.09.